The highest BCUT2D eigenvalue weighted by molar-refractivity contribution is 7.99. The van der Waals surface area contributed by atoms with E-state index in [0.29, 0.717) is 22.6 Å². The van der Waals surface area contributed by atoms with Crippen molar-refractivity contribution in [1.29, 1.82) is 0 Å². The lowest BCUT2D eigenvalue weighted by Gasteiger charge is -2.34. The predicted molar refractivity (Wildman–Crippen MR) is 158 cm³/mol. The van der Waals surface area contributed by atoms with Gasteiger partial charge in [-0.25, -0.2) is 4.98 Å². The Morgan fingerprint density at radius 2 is 1.77 bits per heavy atom. The zero-order valence-corrected chi connectivity index (χ0v) is 23.8. The first-order chi connectivity index (χ1) is 19.1. The third kappa shape index (κ3) is 7.53. The van der Waals surface area contributed by atoms with E-state index in [4.69, 9.17) is 9.97 Å². The van der Waals surface area contributed by atoms with Crippen molar-refractivity contribution in [2.24, 2.45) is 0 Å². The number of thiazole rings is 1. The molecule has 202 valence electrons. The molecule has 1 amide bonds. The summed E-state index contributed by atoms with van der Waals surface area (Å²) in [6, 6.07) is 16.9. The monoisotopic (exact) mass is 560 g/mol. The van der Waals surface area contributed by atoms with E-state index in [0.717, 1.165) is 53.3 Å². The molecule has 0 bridgehead atoms. The van der Waals surface area contributed by atoms with Crippen LogP contribution >= 0.6 is 23.1 Å². The molecule has 1 saturated heterocycles. The number of nitrogens with one attached hydrogen (secondary N) is 2. The summed E-state index contributed by atoms with van der Waals surface area (Å²) in [5.74, 6) is 1.02. The number of nitrogens with zero attached hydrogens (tertiary/aromatic N) is 6. The lowest BCUT2D eigenvalue weighted by molar-refractivity contribution is 0.102. The van der Waals surface area contributed by atoms with Crippen LogP contribution in [0.1, 0.15) is 35.0 Å². The van der Waals surface area contributed by atoms with Crippen LogP contribution in [0.4, 0.5) is 22.7 Å². The molecule has 0 unspecified atom stereocenters. The number of hydrogen-bond acceptors (Lipinski definition) is 10. The normalized spacial score (nSPS) is 13.8. The molecule has 2 aromatic heterocycles. The van der Waals surface area contributed by atoms with Gasteiger partial charge in [0.1, 0.15) is 0 Å². The molecule has 1 aliphatic heterocycles. The SMILES string of the molecule is CCCCN1CCN(c2nc(Nc3ncc(C)s3)nc(Sc3ccc(NC(=O)c4ccccc4)cc3)n2)CC1. The minimum Gasteiger partial charge on any atom is -0.338 e. The van der Waals surface area contributed by atoms with Crippen molar-refractivity contribution in [2.45, 2.75) is 36.7 Å². The highest BCUT2D eigenvalue weighted by Crippen LogP contribution is 2.29. The summed E-state index contributed by atoms with van der Waals surface area (Å²) in [4.78, 5) is 37.9. The van der Waals surface area contributed by atoms with Gasteiger partial charge in [-0.2, -0.15) is 15.0 Å². The van der Waals surface area contributed by atoms with Crippen LogP contribution in [0.5, 0.6) is 0 Å². The first-order valence-electron chi connectivity index (χ1n) is 13.1. The van der Waals surface area contributed by atoms with E-state index in [2.05, 4.69) is 37.3 Å². The average molecular weight is 561 g/mol. The molecular formula is C28H32N8OS2. The highest BCUT2D eigenvalue weighted by atomic mass is 32.2. The van der Waals surface area contributed by atoms with E-state index in [1.54, 1.807) is 23.5 Å². The van der Waals surface area contributed by atoms with Gasteiger partial charge in [0.05, 0.1) is 0 Å². The Labute approximate surface area is 237 Å². The summed E-state index contributed by atoms with van der Waals surface area (Å²) >= 11 is 3.02. The van der Waals surface area contributed by atoms with Crippen LogP contribution in [-0.4, -0.2) is 63.5 Å². The summed E-state index contributed by atoms with van der Waals surface area (Å²) < 4.78 is 0. The van der Waals surface area contributed by atoms with Crippen LogP contribution in [0.2, 0.25) is 0 Å². The summed E-state index contributed by atoms with van der Waals surface area (Å²) in [5.41, 5.74) is 1.35. The van der Waals surface area contributed by atoms with Crippen LogP contribution in [-0.2, 0) is 0 Å². The van der Waals surface area contributed by atoms with E-state index >= 15 is 0 Å². The van der Waals surface area contributed by atoms with E-state index in [-0.39, 0.29) is 5.91 Å². The standard InChI is InChI=1S/C28H32N8OS2/c1-3-4-14-35-15-17-36(18-16-35)26-31-25(32-27-29-19-20(2)38-27)33-28(34-26)39-23-12-10-22(11-13-23)30-24(37)21-8-6-5-7-9-21/h5-13,19H,3-4,14-18H2,1-2H3,(H,30,37)(H,29,31,32,33,34). The molecule has 9 nitrogen and oxygen atoms in total. The third-order valence-electron chi connectivity index (χ3n) is 6.28. The molecule has 0 aliphatic carbocycles. The summed E-state index contributed by atoms with van der Waals surface area (Å²) in [5, 5.41) is 7.56. The van der Waals surface area contributed by atoms with Crippen LogP contribution < -0.4 is 15.5 Å². The summed E-state index contributed by atoms with van der Waals surface area (Å²) in [6.45, 7) is 9.14. The first kappa shape index (κ1) is 27.0. The van der Waals surface area contributed by atoms with E-state index in [1.807, 2.05) is 55.6 Å². The number of aryl methyl sites for hydroxylation is 1. The number of benzene rings is 2. The van der Waals surface area contributed by atoms with Gasteiger partial charge < -0.3 is 10.2 Å². The third-order valence-corrected chi connectivity index (χ3v) is 7.98. The van der Waals surface area contributed by atoms with Crippen molar-refractivity contribution in [1.82, 2.24) is 24.8 Å². The first-order valence-corrected chi connectivity index (χ1v) is 14.8. The second-order valence-corrected chi connectivity index (χ2v) is 11.5. The Kier molecular flexibility index (Phi) is 9.02. The molecule has 2 N–H and O–H groups in total. The van der Waals surface area contributed by atoms with Crippen LogP contribution in [0.3, 0.4) is 0 Å². The zero-order chi connectivity index (χ0) is 27.0. The highest BCUT2D eigenvalue weighted by Gasteiger charge is 2.21. The van der Waals surface area contributed by atoms with Crippen molar-refractivity contribution in [3.8, 4) is 0 Å². The number of rotatable bonds is 10. The Bertz CT molecular complexity index is 1370. The second kappa shape index (κ2) is 13.0. The number of unbranched alkanes of at least 4 members (excludes halogenated alkanes) is 1. The van der Waals surface area contributed by atoms with Gasteiger partial charge in [0.25, 0.3) is 5.91 Å². The Hall–Kier alpha value is -3.54. The maximum Gasteiger partial charge on any atom is 0.255 e. The molecule has 0 radical (unpaired) electrons. The molecular weight excluding hydrogens is 528 g/mol. The van der Waals surface area contributed by atoms with E-state index in [1.165, 1.54) is 24.6 Å². The quantitative estimate of drug-likeness (QED) is 0.253. The number of anilines is 4. The fourth-order valence-corrected chi connectivity index (χ4v) is 5.56. The molecule has 5 rings (SSSR count). The van der Waals surface area contributed by atoms with Gasteiger partial charge >= 0.3 is 0 Å². The number of hydrogen-bond donors (Lipinski definition) is 2. The van der Waals surface area contributed by atoms with Crippen LogP contribution in [0.15, 0.2) is 70.8 Å². The van der Waals surface area contributed by atoms with Gasteiger partial charge in [-0.1, -0.05) is 31.5 Å². The molecule has 11 heteroatoms. The molecule has 1 aliphatic rings. The van der Waals surface area contributed by atoms with Crippen molar-refractivity contribution in [3.05, 3.63) is 71.2 Å². The maximum absolute atomic E-state index is 12.5. The molecule has 4 aromatic rings. The second-order valence-electron chi connectivity index (χ2n) is 9.27. The fourth-order valence-electron chi connectivity index (χ4n) is 4.15. The number of carbonyl (C=O) groups is 1. The summed E-state index contributed by atoms with van der Waals surface area (Å²) in [6.07, 6.45) is 4.26. The lowest BCUT2D eigenvalue weighted by atomic mass is 10.2. The van der Waals surface area contributed by atoms with Crippen molar-refractivity contribution in [3.63, 3.8) is 0 Å². The van der Waals surface area contributed by atoms with E-state index < -0.39 is 0 Å². The van der Waals surface area contributed by atoms with Gasteiger partial charge in [0.15, 0.2) is 10.3 Å². The molecule has 0 spiro atoms. The minimum absolute atomic E-state index is 0.138. The number of amides is 1. The number of carbonyl (C=O) groups excluding carboxylic acids is 1. The van der Waals surface area contributed by atoms with Gasteiger partial charge in [0.2, 0.25) is 11.9 Å². The Balaban J connectivity index is 1.30. The van der Waals surface area contributed by atoms with E-state index in [9.17, 15) is 4.79 Å². The summed E-state index contributed by atoms with van der Waals surface area (Å²) in [7, 11) is 0. The van der Waals surface area contributed by atoms with Gasteiger partial charge in [0, 0.05) is 53.4 Å². The van der Waals surface area contributed by atoms with Crippen molar-refractivity contribution in [2.75, 3.05) is 48.3 Å². The van der Waals surface area contributed by atoms with Crippen molar-refractivity contribution >= 4 is 51.7 Å². The zero-order valence-electron chi connectivity index (χ0n) is 22.1. The smallest absolute Gasteiger partial charge is 0.255 e. The molecule has 3 heterocycles. The van der Waals surface area contributed by atoms with Gasteiger partial charge in [-0.15, -0.1) is 11.3 Å². The molecule has 0 saturated carbocycles. The Morgan fingerprint density at radius 3 is 2.46 bits per heavy atom. The topological polar surface area (TPSA) is 99.2 Å². The van der Waals surface area contributed by atoms with Crippen molar-refractivity contribution < 1.29 is 4.79 Å². The average Bonchev–Trinajstić information content (AvgIpc) is 3.37. The molecule has 1 fully saturated rings. The maximum atomic E-state index is 12.5. The lowest BCUT2D eigenvalue weighted by Crippen LogP contribution is -2.47. The number of piperazine rings is 1. The van der Waals surface area contributed by atoms with Crippen LogP contribution in [0, 0.1) is 6.92 Å². The largest absolute Gasteiger partial charge is 0.338 e. The Morgan fingerprint density at radius 1 is 1.00 bits per heavy atom. The minimum atomic E-state index is -0.138. The fraction of sp³-hybridized carbons (Fsp3) is 0.321. The van der Waals surface area contributed by atoms with Gasteiger partial charge in [-0.05, 0) is 68.0 Å². The molecule has 39 heavy (non-hydrogen) atoms. The molecule has 2 aromatic carbocycles. The number of aromatic nitrogens is 4. The predicted octanol–water partition coefficient (Wildman–Crippen LogP) is 5.71. The van der Waals surface area contributed by atoms with Gasteiger partial charge in [-0.3, -0.25) is 15.0 Å². The van der Waals surface area contributed by atoms with Crippen LogP contribution in [0.25, 0.3) is 0 Å². The molecule has 0 atom stereocenters.